The molecule has 1 atom stereocenters. The number of aryl methyl sites for hydroxylation is 1. The molecule has 1 N–H and O–H groups in total. The minimum Gasteiger partial charge on any atom is -0.485 e. The van der Waals surface area contributed by atoms with Crippen molar-refractivity contribution in [2.45, 2.75) is 32.0 Å². The number of benzene rings is 2. The molecule has 1 fully saturated rings. The molecule has 1 amide bonds. The summed E-state index contributed by atoms with van der Waals surface area (Å²) < 4.78 is 8.21. The average molecular weight is 376 g/mol. The predicted octanol–water partition coefficient (Wildman–Crippen LogP) is 2.86. The van der Waals surface area contributed by atoms with Gasteiger partial charge >= 0.3 is 0 Å². The summed E-state index contributed by atoms with van der Waals surface area (Å²) in [5, 5.41) is 3.40. The van der Waals surface area contributed by atoms with Crippen LogP contribution >= 0.6 is 0 Å². The van der Waals surface area contributed by atoms with Crippen LogP contribution in [0.4, 0.5) is 0 Å². The lowest BCUT2D eigenvalue weighted by atomic mass is 10.1. The van der Waals surface area contributed by atoms with E-state index in [2.05, 4.69) is 20.9 Å². The summed E-state index contributed by atoms with van der Waals surface area (Å²) in [5.74, 6) is 1.78. The van der Waals surface area contributed by atoms with Crippen molar-refractivity contribution < 1.29 is 9.53 Å². The summed E-state index contributed by atoms with van der Waals surface area (Å²) in [7, 11) is 2.00. The van der Waals surface area contributed by atoms with Crippen LogP contribution in [0.2, 0.25) is 0 Å². The second-order valence-electron chi connectivity index (χ2n) is 7.58. The number of piperidine rings is 1. The summed E-state index contributed by atoms with van der Waals surface area (Å²) in [5.41, 5.74) is 3.82. The smallest absolute Gasteiger partial charge is 0.254 e. The lowest BCUT2D eigenvalue weighted by Crippen LogP contribution is -2.46. The topological polar surface area (TPSA) is 59.4 Å². The number of para-hydroxylation sites is 2. The van der Waals surface area contributed by atoms with Crippen LogP contribution in [0.3, 0.4) is 0 Å². The van der Waals surface area contributed by atoms with Gasteiger partial charge in [0.2, 0.25) is 0 Å². The van der Waals surface area contributed by atoms with Crippen LogP contribution in [0, 0.1) is 0 Å². The second kappa shape index (κ2) is 6.95. The SMILES string of the molecule is Cn1c(COc2cccc3c2CN(C2CCCNC2)C3=O)nc2ccccc21. The fourth-order valence-electron chi connectivity index (χ4n) is 4.32. The molecule has 144 valence electrons. The van der Waals surface area contributed by atoms with Crippen LogP contribution in [0.15, 0.2) is 42.5 Å². The highest BCUT2D eigenvalue weighted by Crippen LogP contribution is 2.33. The molecule has 3 heterocycles. The van der Waals surface area contributed by atoms with Crippen molar-refractivity contribution in [3.05, 3.63) is 59.4 Å². The van der Waals surface area contributed by atoms with E-state index in [0.717, 1.165) is 59.7 Å². The maximum Gasteiger partial charge on any atom is 0.254 e. The Kier molecular flexibility index (Phi) is 4.28. The zero-order valence-electron chi connectivity index (χ0n) is 16.0. The molecule has 6 heteroatoms. The van der Waals surface area contributed by atoms with E-state index < -0.39 is 0 Å². The Morgan fingerprint density at radius 3 is 2.93 bits per heavy atom. The molecular weight excluding hydrogens is 352 g/mol. The Hall–Kier alpha value is -2.86. The number of amides is 1. The van der Waals surface area contributed by atoms with Crippen molar-refractivity contribution in [2.75, 3.05) is 13.1 Å². The molecule has 5 rings (SSSR count). The van der Waals surface area contributed by atoms with Gasteiger partial charge in [-0.1, -0.05) is 18.2 Å². The maximum absolute atomic E-state index is 12.9. The second-order valence-corrected chi connectivity index (χ2v) is 7.58. The first-order chi connectivity index (χ1) is 13.7. The van der Waals surface area contributed by atoms with Gasteiger partial charge in [0.25, 0.3) is 5.91 Å². The van der Waals surface area contributed by atoms with Crippen molar-refractivity contribution in [1.29, 1.82) is 0 Å². The molecule has 2 aliphatic heterocycles. The molecule has 3 aromatic rings. The number of aromatic nitrogens is 2. The molecule has 2 aliphatic rings. The molecule has 28 heavy (non-hydrogen) atoms. The third-order valence-electron chi connectivity index (χ3n) is 5.90. The Balaban J connectivity index is 1.38. The predicted molar refractivity (Wildman–Crippen MR) is 107 cm³/mol. The van der Waals surface area contributed by atoms with E-state index in [4.69, 9.17) is 4.74 Å². The van der Waals surface area contributed by atoms with E-state index in [1.54, 1.807) is 0 Å². The van der Waals surface area contributed by atoms with E-state index in [1.165, 1.54) is 0 Å². The summed E-state index contributed by atoms with van der Waals surface area (Å²) in [6.07, 6.45) is 2.17. The van der Waals surface area contributed by atoms with Crippen LogP contribution < -0.4 is 10.1 Å². The van der Waals surface area contributed by atoms with Gasteiger partial charge in [0, 0.05) is 30.8 Å². The minimum atomic E-state index is 0.122. The Morgan fingerprint density at radius 1 is 1.21 bits per heavy atom. The molecule has 2 aromatic carbocycles. The van der Waals surface area contributed by atoms with E-state index in [9.17, 15) is 4.79 Å². The van der Waals surface area contributed by atoms with Crippen LogP contribution in [0.1, 0.15) is 34.6 Å². The lowest BCUT2D eigenvalue weighted by Gasteiger charge is -2.31. The van der Waals surface area contributed by atoms with Gasteiger partial charge in [0.1, 0.15) is 18.2 Å². The van der Waals surface area contributed by atoms with Gasteiger partial charge in [0.15, 0.2) is 0 Å². The van der Waals surface area contributed by atoms with Gasteiger partial charge in [-0.25, -0.2) is 4.98 Å². The quantitative estimate of drug-likeness (QED) is 0.761. The third-order valence-corrected chi connectivity index (χ3v) is 5.90. The zero-order chi connectivity index (χ0) is 19.1. The minimum absolute atomic E-state index is 0.122. The van der Waals surface area contributed by atoms with Gasteiger partial charge in [-0.05, 0) is 43.7 Å². The first-order valence-corrected chi connectivity index (χ1v) is 9.89. The summed E-state index contributed by atoms with van der Waals surface area (Å²) in [6.45, 7) is 2.91. The van der Waals surface area contributed by atoms with Crippen LogP contribution in [0.25, 0.3) is 11.0 Å². The first kappa shape index (κ1) is 17.3. The van der Waals surface area contributed by atoms with Crippen molar-refractivity contribution in [3.63, 3.8) is 0 Å². The van der Waals surface area contributed by atoms with Crippen LogP contribution in [-0.2, 0) is 20.2 Å². The number of carbonyl (C=O) groups excluding carboxylic acids is 1. The van der Waals surface area contributed by atoms with Gasteiger partial charge in [0.05, 0.1) is 17.6 Å². The average Bonchev–Trinajstić information content (AvgIpc) is 3.25. The number of imidazole rings is 1. The van der Waals surface area contributed by atoms with Gasteiger partial charge in [-0.2, -0.15) is 0 Å². The Labute approximate surface area is 164 Å². The van der Waals surface area contributed by atoms with Crippen molar-refractivity contribution in [2.24, 2.45) is 7.05 Å². The maximum atomic E-state index is 12.9. The summed E-state index contributed by atoms with van der Waals surface area (Å²) in [6, 6.07) is 14.1. The number of rotatable bonds is 4. The van der Waals surface area contributed by atoms with Crippen LogP contribution in [0.5, 0.6) is 5.75 Å². The number of hydrogen-bond acceptors (Lipinski definition) is 4. The third kappa shape index (κ3) is 2.85. The Morgan fingerprint density at radius 2 is 2.11 bits per heavy atom. The van der Waals surface area contributed by atoms with Gasteiger partial charge in [-0.3, -0.25) is 4.79 Å². The van der Waals surface area contributed by atoms with Crippen molar-refractivity contribution >= 4 is 16.9 Å². The molecule has 0 saturated carbocycles. The summed E-state index contributed by atoms with van der Waals surface area (Å²) in [4.78, 5) is 19.6. The first-order valence-electron chi connectivity index (χ1n) is 9.89. The monoisotopic (exact) mass is 376 g/mol. The number of carbonyl (C=O) groups is 1. The van der Waals surface area contributed by atoms with E-state index in [-0.39, 0.29) is 11.9 Å². The molecule has 1 saturated heterocycles. The summed E-state index contributed by atoms with van der Waals surface area (Å²) >= 11 is 0. The molecule has 1 aromatic heterocycles. The molecule has 0 radical (unpaired) electrons. The number of nitrogens with one attached hydrogen (secondary N) is 1. The lowest BCUT2D eigenvalue weighted by molar-refractivity contribution is 0.0674. The van der Waals surface area contributed by atoms with E-state index in [0.29, 0.717) is 13.2 Å². The van der Waals surface area contributed by atoms with Crippen molar-refractivity contribution in [1.82, 2.24) is 19.8 Å². The number of fused-ring (bicyclic) bond motifs is 2. The molecular formula is C22H24N4O2. The van der Waals surface area contributed by atoms with E-state index >= 15 is 0 Å². The largest absolute Gasteiger partial charge is 0.485 e. The fraction of sp³-hybridized carbons (Fsp3) is 0.364. The molecule has 1 unspecified atom stereocenters. The standard InChI is InChI=1S/C22H24N4O2/c1-25-19-9-3-2-8-18(19)24-21(25)14-28-20-10-4-7-16-17(20)13-26(22(16)27)15-6-5-11-23-12-15/h2-4,7-10,15,23H,5-6,11-14H2,1H3. The molecule has 0 spiro atoms. The van der Waals surface area contributed by atoms with Gasteiger partial charge < -0.3 is 19.5 Å². The highest BCUT2D eigenvalue weighted by molar-refractivity contribution is 5.99. The normalized spacial score (nSPS) is 19.2. The highest BCUT2D eigenvalue weighted by atomic mass is 16.5. The number of nitrogens with zero attached hydrogens (tertiary/aromatic N) is 3. The molecule has 0 bridgehead atoms. The number of hydrogen-bond donors (Lipinski definition) is 1. The highest BCUT2D eigenvalue weighted by Gasteiger charge is 2.35. The van der Waals surface area contributed by atoms with Crippen LogP contribution in [-0.4, -0.2) is 39.5 Å². The molecule has 0 aliphatic carbocycles. The van der Waals surface area contributed by atoms with Crippen molar-refractivity contribution in [3.8, 4) is 5.75 Å². The number of ether oxygens (including phenoxy) is 1. The van der Waals surface area contributed by atoms with E-state index in [1.807, 2.05) is 48.3 Å². The fourth-order valence-corrected chi connectivity index (χ4v) is 4.32. The van der Waals surface area contributed by atoms with Gasteiger partial charge in [-0.15, -0.1) is 0 Å². The molecule has 6 nitrogen and oxygen atoms in total. The Bertz CT molecular complexity index is 1040. The zero-order valence-corrected chi connectivity index (χ0v) is 16.0.